The topological polar surface area (TPSA) is 93.6 Å². The molecule has 2 fully saturated rings. The van der Waals surface area contributed by atoms with E-state index in [9.17, 15) is 9.59 Å². The largest absolute Gasteiger partial charge is 0.471 e. The highest BCUT2D eigenvalue weighted by Gasteiger charge is 2.61. The molecule has 3 heterocycles. The Hall–Kier alpha value is -3.01. The molecule has 4 atom stereocenters. The van der Waals surface area contributed by atoms with Crippen molar-refractivity contribution in [3.8, 4) is 16.5 Å². The van der Waals surface area contributed by atoms with Crippen molar-refractivity contribution in [1.29, 1.82) is 0 Å². The number of para-hydroxylation sites is 2. The first-order valence-corrected chi connectivity index (χ1v) is 12.7. The number of ether oxygens (including phenoxy) is 2. The smallest absolute Gasteiger partial charge is 0.332 e. The number of benzene rings is 1. The maximum absolute atomic E-state index is 13.1. The quantitative estimate of drug-likeness (QED) is 0.277. The third-order valence-corrected chi connectivity index (χ3v) is 7.61. The summed E-state index contributed by atoms with van der Waals surface area (Å²) in [6, 6.07) is 10.9. The number of amides is 1. The number of nitrogens with zero attached hydrogens (tertiary/aromatic N) is 3. The molecule has 0 bridgehead atoms. The van der Waals surface area contributed by atoms with E-state index < -0.39 is 17.6 Å². The third-order valence-electron chi connectivity index (χ3n) is 6.36. The number of carbonyl (C=O) groups is 2. The molecule has 1 saturated carbocycles. The monoisotopic (exact) mass is 512 g/mol. The Balaban J connectivity index is 1.34. The number of fused-ring (bicyclic) bond motifs is 1. The Morgan fingerprint density at radius 3 is 2.71 bits per heavy atom. The van der Waals surface area contributed by atoms with Crippen LogP contribution in [0.25, 0.3) is 21.6 Å². The Labute approximate surface area is 212 Å². The van der Waals surface area contributed by atoms with Crippen LogP contribution in [0, 0.1) is 5.92 Å². The van der Waals surface area contributed by atoms with Crippen LogP contribution in [0.4, 0.5) is 0 Å². The first-order chi connectivity index (χ1) is 16.9. The second-order valence-electron chi connectivity index (χ2n) is 8.64. The maximum atomic E-state index is 13.1. The summed E-state index contributed by atoms with van der Waals surface area (Å²) in [6.45, 7) is 6.05. The van der Waals surface area contributed by atoms with Crippen molar-refractivity contribution in [2.75, 3.05) is 13.2 Å². The summed E-state index contributed by atoms with van der Waals surface area (Å²) in [5.41, 5.74) is 1.08. The van der Waals surface area contributed by atoms with E-state index in [1.165, 1.54) is 4.42 Å². The van der Waals surface area contributed by atoms with E-state index in [-0.39, 0.29) is 24.5 Å². The van der Waals surface area contributed by atoms with Crippen molar-refractivity contribution in [3.63, 3.8) is 0 Å². The molecule has 5 rings (SSSR count). The number of halogens is 1. The summed E-state index contributed by atoms with van der Waals surface area (Å²) in [5.74, 6) is -0.549. The minimum atomic E-state index is -1.07. The lowest BCUT2D eigenvalue weighted by Gasteiger charge is -2.21. The molecule has 1 aliphatic carbocycles. The van der Waals surface area contributed by atoms with Gasteiger partial charge in [0, 0.05) is 12.3 Å². The molecule has 1 saturated heterocycles. The number of hydrogen-bond acceptors (Lipinski definition) is 8. The fourth-order valence-corrected chi connectivity index (χ4v) is 5.47. The number of aromatic nitrogens is 2. The molecule has 0 radical (unpaired) electrons. The molecule has 1 amide bonds. The number of esters is 1. The van der Waals surface area contributed by atoms with Crippen LogP contribution in [0.2, 0.25) is 0 Å². The van der Waals surface area contributed by atoms with Crippen LogP contribution in [-0.2, 0) is 14.3 Å². The number of rotatable bonds is 8. The van der Waals surface area contributed by atoms with Gasteiger partial charge in [-0.2, -0.15) is 0 Å². The molecule has 0 unspecified atom stereocenters. The standard InChI is InChI=1S/C25H25ClN4O4S/c1-3-15-13-25(15,24(32)33-4-2)29-22(31)19-12-16(14-30(19)26)34-23-21(20-10-7-11-35-20)27-17-8-5-6-9-18(17)28-23/h3,5-11,15-16,19H,1,4,12-14H2,2H3,(H,29,31)/t15-,16-,19+,25-/m1/s1. The fourth-order valence-electron chi connectivity index (χ4n) is 4.44. The van der Waals surface area contributed by atoms with E-state index in [4.69, 9.17) is 31.2 Å². The van der Waals surface area contributed by atoms with Gasteiger partial charge in [-0.25, -0.2) is 19.2 Å². The highest BCUT2D eigenvalue weighted by atomic mass is 35.5. The first kappa shape index (κ1) is 23.7. The van der Waals surface area contributed by atoms with Gasteiger partial charge in [0.2, 0.25) is 11.8 Å². The summed E-state index contributed by atoms with van der Waals surface area (Å²) in [6.07, 6.45) is 2.09. The molecule has 2 aliphatic rings. The van der Waals surface area contributed by atoms with Crippen molar-refractivity contribution >= 4 is 46.0 Å². The van der Waals surface area contributed by atoms with Gasteiger partial charge in [-0.3, -0.25) is 4.79 Å². The van der Waals surface area contributed by atoms with Crippen LogP contribution in [0.5, 0.6) is 5.88 Å². The van der Waals surface area contributed by atoms with Gasteiger partial charge >= 0.3 is 5.97 Å². The molecular weight excluding hydrogens is 488 g/mol. The van der Waals surface area contributed by atoms with Crippen LogP contribution in [0.15, 0.2) is 54.4 Å². The molecule has 0 spiro atoms. The van der Waals surface area contributed by atoms with E-state index >= 15 is 0 Å². The van der Waals surface area contributed by atoms with Gasteiger partial charge in [0.15, 0.2) is 0 Å². The third kappa shape index (κ3) is 4.51. The number of hydrogen-bond donors (Lipinski definition) is 1. The van der Waals surface area contributed by atoms with Gasteiger partial charge < -0.3 is 14.8 Å². The molecule has 35 heavy (non-hydrogen) atoms. The predicted molar refractivity (Wildman–Crippen MR) is 134 cm³/mol. The van der Waals surface area contributed by atoms with Crippen LogP contribution in [-0.4, -0.2) is 57.1 Å². The molecular formula is C25H25ClN4O4S. The normalized spacial score (nSPS) is 25.8. The Morgan fingerprint density at radius 1 is 1.29 bits per heavy atom. The van der Waals surface area contributed by atoms with Crippen molar-refractivity contribution < 1.29 is 19.1 Å². The molecule has 8 nitrogen and oxygen atoms in total. The Morgan fingerprint density at radius 2 is 2.06 bits per heavy atom. The highest BCUT2D eigenvalue weighted by molar-refractivity contribution is 7.13. The Bertz CT molecular complexity index is 1270. The zero-order chi connectivity index (χ0) is 24.6. The van der Waals surface area contributed by atoms with Crippen LogP contribution >= 0.6 is 23.1 Å². The van der Waals surface area contributed by atoms with Gasteiger partial charge in [-0.1, -0.05) is 24.3 Å². The van der Waals surface area contributed by atoms with E-state index in [2.05, 4.69) is 11.9 Å². The van der Waals surface area contributed by atoms with Gasteiger partial charge in [0.05, 0.1) is 29.1 Å². The molecule has 10 heteroatoms. The average molecular weight is 513 g/mol. The molecule has 1 aliphatic heterocycles. The minimum absolute atomic E-state index is 0.163. The van der Waals surface area contributed by atoms with Gasteiger partial charge in [0.25, 0.3) is 0 Å². The summed E-state index contributed by atoms with van der Waals surface area (Å²) in [7, 11) is 0. The molecule has 3 aromatic rings. The van der Waals surface area contributed by atoms with E-state index in [0.717, 1.165) is 15.9 Å². The zero-order valence-corrected chi connectivity index (χ0v) is 20.7. The van der Waals surface area contributed by atoms with E-state index in [1.807, 2.05) is 41.8 Å². The molecule has 182 valence electrons. The number of thiophene rings is 1. The van der Waals surface area contributed by atoms with Gasteiger partial charge in [0.1, 0.15) is 23.4 Å². The molecule has 2 aromatic heterocycles. The van der Waals surface area contributed by atoms with E-state index in [0.29, 0.717) is 31.0 Å². The van der Waals surface area contributed by atoms with Crippen molar-refractivity contribution in [3.05, 3.63) is 54.4 Å². The highest BCUT2D eigenvalue weighted by Crippen LogP contribution is 2.46. The van der Waals surface area contributed by atoms with Crippen molar-refractivity contribution in [2.24, 2.45) is 5.92 Å². The maximum Gasteiger partial charge on any atom is 0.332 e. The summed E-state index contributed by atoms with van der Waals surface area (Å²) < 4.78 is 12.9. The second kappa shape index (κ2) is 9.56. The van der Waals surface area contributed by atoms with Crippen LogP contribution in [0.3, 0.4) is 0 Å². The van der Waals surface area contributed by atoms with Gasteiger partial charge in [-0.15, -0.1) is 17.9 Å². The summed E-state index contributed by atoms with van der Waals surface area (Å²) >= 11 is 8.00. The average Bonchev–Trinajstić information content (AvgIpc) is 3.15. The van der Waals surface area contributed by atoms with Crippen molar-refractivity contribution in [1.82, 2.24) is 19.7 Å². The minimum Gasteiger partial charge on any atom is -0.471 e. The van der Waals surface area contributed by atoms with Crippen LogP contribution < -0.4 is 10.1 Å². The van der Waals surface area contributed by atoms with Crippen LogP contribution in [0.1, 0.15) is 19.8 Å². The number of nitrogens with one attached hydrogen (secondary N) is 1. The zero-order valence-electron chi connectivity index (χ0n) is 19.1. The predicted octanol–water partition coefficient (Wildman–Crippen LogP) is 3.96. The first-order valence-electron chi connectivity index (χ1n) is 11.5. The van der Waals surface area contributed by atoms with Crippen molar-refractivity contribution in [2.45, 2.75) is 37.5 Å². The lowest BCUT2D eigenvalue weighted by Crippen LogP contribution is -2.51. The summed E-state index contributed by atoms with van der Waals surface area (Å²) in [5, 5.41) is 4.85. The Kier molecular flexibility index (Phi) is 6.48. The van der Waals surface area contributed by atoms with E-state index in [1.54, 1.807) is 24.3 Å². The fraction of sp³-hybridized carbons (Fsp3) is 0.360. The lowest BCUT2D eigenvalue weighted by atomic mass is 10.1. The van der Waals surface area contributed by atoms with Gasteiger partial charge in [-0.05, 0) is 48.7 Å². The lowest BCUT2D eigenvalue weighted by molar-refractivity contribution is -0.149. The summed E-state index contributed by atoms with van der Waals surface area (Å²) in [4.78, 5) is 36.1. The molecule has 1 N–H and O–H groups in total. The second-order valence-corrected chi connectivity index (χ2v) is 10.0. The molecule has 1 aromatic carbocycles. The SMILES string of the molecule is C=C[C@@H]1C[C@]1(NC(=O)[C@@H]1C[C@@H](Oc2nc3ccccc3nc2-c2cccs2)CN1Cl)C(=O)OCC. The number of carbonyl (C=O) groups excluding carboxylic acids is 2.